The minimum atomic E-state index is -0.422. The summed E-state index contributed by atoms with van der Waals surface area (Å²) in [4.78, 5) is 26.2. The first-order valence-electron chi connectivity index (χ1n) is 8.00. The van der Waals surface area contributed by atoms with Crippen molar-refractivity contribution in [3.8, 4) is 0 Å². The Morgan fingerprint density at radius 2 is 1.88 bits per heavy atom. The average Bonchev–Trinajstić information content (AvgIpc) is 2.65. The van der Waals surface area contributed by atoms with E-state index in [2.05, 4.69) is 11.4 Å². The molecule has 0 fully saturated rings. The van der Waals surface area contributed by atoms with Crippen molar-refractivity contribution in [2.24, 2.45) is 0 Å². The van der Waals surface area contributed by atoms with Crippen LogP contribution in [-0.4, -0.2) is 32.1 Å². The van der Waals surface area contributed by atoms with Gasteiger partial charge >= 0.3 is 5.97 Å². The first-order valence-corrected chi connectivity index (χ1v) is 8.00. The maximum atomic E-state index is 12.6. The number of para-hydroxylation sites is 2. The minimum Gasteiger partial charge on any atom is -0.465 e. The number of nitrogens with one attached hydrogen (secondary N) is 1. The smallest absolute Gasteiger partial charge is 0.339 e. The number of benzene rings is 2. The van der Waals surface area contributed by atoms with Crippen LogP contribution in [0, 0.1) is 0 Å². The molecule has 0 aliphatic carbocycles. The molecule has 1 N–H and O–H groups in total. The van der Waals surface area contributed by atoms with Gasteiger partial charge in [-0.15, -0.1) is 0 Å². The van der Waals surface area contributed by atoms with Crippen LogP contribution in [0.5, 0.6) is 0 Å². The molecule has 3 rings (SSSR count). The molecular formula is C19H20N2O3. The number of rotatable bonds is 4. The molecule has 0 bridgehead atoms. The third-order valence-electron chi connectivity index (χ3n) is 4.17. The minimum absolute atomic E-state index is 0.0122. The first kappa shape index (κ1) is 16.1. The second-order valence-electron chi connectivity index (χ2n) is 5.67. The van der Waals surface area contributed by atoms with Crippen molar-refractivity contribution in [3.05, 3.63) is 59.7 Å². The maximum absolute atomic E-state index is 12.6. The standard InChI is InChI=1S/C19H20N2O3/c1-24-19(23)15-9-3-4-10-16(15)20-13-18(22)21-12-6-8-14-7-2-5-11-17(14)21/h2-5,7,9-11,20H,6,8,12-13H2,1H3. The predicted molar refractivity (Wildman–Crippen MR) is 93.4 cm³/mol. The molecule has 0 unspecified atom stereocenters. The average molecular weight is 324 g/mol. The molecule has 0 saturated heterocycles. The fourth-order valence-electron chi connectivity index (χ4n) is 2.98. The van der Waals surface area contributed by atoms with E-state index in [9.17, 15) is 9.59 Å². The highest BCUT2D eigenvalue weighted by Crippen LogP contribution is 2.26. The van der Waals surface area contributed by atoms with Crippen molar-refractivity contribution in [3.63, 3.8) is 0 Å². The number of hydrogen-bond donors (Lipinski definition) is 1. The van der Waals surface area contributed by atoms with Gasteiger partial charge in [-0.1, -0.05) is 30.3 Å². The van der Waals surface area contributed by atoms with Crippen LogP contribution in [0.3, 0.4) is 0 Å². The van der Waals surface area contributed by atoms with Gasteiger partial charge in [-0.05, 0) is 36.6 Å². The van der Waals surface area contributed by atoms with Crippen LogP contribution in [0.15, 0.2) is 48.5 Å². The van der Waals surface area contributed by atoms with Crippen molar-refractivity contribution < 1.29 is 14.3 Å². The summed E-state index contributed by atoms with van der Waals surface area (Å²) < 4.78 is 4.77. The molecule has 0 radical (unpaired) electrons. The molecule has 1 aliphatic heterocycles. The van der Waals surface area contributed by atoms with Gasteiger partial charge < -0.3 is 15.0 Å². The van der Waals surface area contributed by atoms with Crippen LogP contribution in [-0.2, 0) is 16.0 Å². The van der Waals surface area contributed by atoms with Gasteiger partial charge in [-0.25, -0.2) is 4.79 Å². The van der Waals surface area contributed by atoms with E-state index in [4.69, 9.17) is 4.74 Å². The molecule has 5 heteroatoms. The van der Waals surface area contributed by atoms with Gasteiger partial charge in [0.25, 0.3) is 0 Å². The van der Waals surface area contributed by atoms with E-state index in [0.717, 1.165) is 25.1 Å². The number of nitrogens with zero attached hydrogens (tertiary/aromatic N) is 1. The number of carbonyl (C=O) groups is 2. The molecule has 124 valence electrons. The highest BCUT2D eigenvalue weighted by atomic mass is 16.5. The van der Waals surface area contributed by atoms with E-state index in [1.54, 1.807) is 18.2 Å². The summed E-state index contributed by atoms with van der Waals surface area (Å²) in [5.41, 5.74) is 3.21. The number of aryl methyl sites for hydroxylation is 1. The molecule has 0 atom stereocenters. The van der Waals surface area contributed by atoms with Crippen molar-refractivity contribution in [2.75, 3.05) is 30.4 Å². The van der Waals surface area contributed by atoms with E-state index in [1.807, 2.05) is 29.2 Å². The third-order valence-corrected chi connectivity index (χ3v) is 4.17. The van der Waals surface area contributed by atoms with E-state index in [1.165, 1.54) is 12.7 Å². The normalized spacial score (nSPS) is 13.1. The number of carbonyl (C=O) groups excluding carboxylic acids is 2. The topological polar surface area (TPSA) is 58.6 Å². The van der Waals surface area contributed by atoms with Crippen LogP contribution in [0.25, 0.3) is 0 Å². The summed E-state index contributed by atoms with van der Waals surface area (Å²) in [5.74, 6) is -0.435. The van der Waals surface area contributed by atoms with E-state index < -0.39 is 5.97 Å². The van der Waals surface area contributed by atoms with Crippen LogP contribution in [0.4, 0.5) is 11.4 Å². The van der Waals surface area contributed by atoms with Crippen molar-refractivity contribution in [1.29, 1.82) is 0 Å². The number of hydrogen-bond acceptors (Lipinski definition) is 4. The molecule has 5 nitrogen and oxygen atoms in total. The second-order valence-corrected chi connectivity index (χ2v) is 5.67. The fourth-order valence-corrected chi connectivity index (χ4v) is 2.98. The van der Waals surface area contributed by atoms with Gasteiger partial charge in [0.2, 0.25) is 5.91 Å². The molecule has 0 spiro atoms. The monoisotopic (exact) mass is 324 g/mol. The number of amides is 1. The predicted octanol–water partition coefficient (Wildman–Crippen LogP) is 2.86. The Morgan fingerprint density at radius 1 is 1.12 bits per heavy atom. The van der Waals surface area contributed by atoms with Gasteiger partial charge in [-0.3, -0.25) is 4.79 Å². The SMILES string of the molecule is COC(=O)c1ccccc1NCC(=O)N1CCCc2ccccc21. The highest BCUT2D eigenvalue weighted by Gasteiger charge is 2.22. The van der Waals surface area contributed by atoms with E-state index in [0.29, 0.717) is 11.3 Å². The summed E-state index contributed by atoms with van der Waals surface area (Å²) in [5, 5.41) is 3.06. The second kappa shape index (κ2) is 7.17. The number of anilines is 2. The van der Waals surface area contributed by atoms with Crippen LogP contribution in [0.2, 0.25) is 0 Å². The summed E-state index contributed by atoms with van der Waals surface area (Å²) >= 11 is 0. The number of fused-ring (bicyclic) bond motifs is 1. The summed E-state index contributed by atoms with van der Waals surface area (Å²) in [7, 11) is 1.34. The molecule has 1 aliphatic rings. The Labute approximate surface area is 141 Å². The lowest BCUT2D eigenvalue weighted by Gasteiger charge is -2.29. The van der Waals surface area contributed by atoms with Gasteiger partial charge in [0.15, 0.2) is 0 Å². The van der Waals surface area contributed by atoms with Crippen LogP contribution in [0.1, 0.15) is 22.3 Å². The molecule has 2 aromatic rings. The van der Waals surface area contributed by atoms with Crippen molar-refractivity contribution in [1.82, 2.24) is 0 Å². The summed E-state index contributed by atoms with van der Waals surface area (Å²) in [6, 6.07) is 15.0. The Hall–Kier alpha value is -2.82. The Bertz CT molecular complexity index is 758. The summed E-state index contributed by atoms with van der Waals surface area (Å²) in [6.45, 7) is 0.846. The van der Waals surface area contributed by atoms with Gasteiger partial charge in [0.05, 0.1) is 19.2 Å². The zero-order valence-corrected chi connectivity index (χ0v) is 13.6. The lowest BCUT2D eigenvalue weighted by Crippen LogP contribution is -2.39. The molecule has 1 heterocycles. The van der Waals surface area contributed by atoms with Gasteiger partial charge in [0.1, 0.15) is 0 Å². The zero-order valence-electron chi connectivity index (χ0n) is 13.6. The largest absolute Gasteiger partial charge is 0.465 e. The van der Waals surface area contributed by atoms with Gasteiger partial charge in [0, 0.05) is 17.9 Å². The van der Waals surface area contributed by atoms with Crippen LogP contribution >= 0.6 is 0 Å². The lowest BCUT2D eigenvalue weighted by atomic mass is 10.0. The van der Waals surface area contributed by atoms with Crippen molar-refractivity contribution in [2.45, 2.75) is 12.8 Å². The van der Waals surface area contributed by atoms with Gasteiger partial charge in [-0.2, -0.15) is 0 Å². The highest BCUT2D eigenvalue weighted by molar-refractivity contribution is 5.99. The number of methoxy groups -OCH3 is 1. The third kappa shape index (κ3) is 3.25. The molecule has 0 aromatic heterocycles. The van der Waals surface area contributed by atoms with E-state index >= 15 is 0 Å². The van der Waals surface area contributed by atoms with Crippen molar-refractivity contribution >= 4 is 23.3 Å². The Morgan fingerprint density at radius 3 is 2.71 bits per heavy atom. The molecule has 1 amide bonds. The molecule has 24 heavy (non-hydrogen) atoms. The Kier molecular flexibility index (Phi) is 4.79. The lowest BCUT2D eigenvalue weighted by molar-refractivity contribution is -0.117. The number of ether oxygens (including phenoxy) is 1. The molecular weight excluding hydrogens is 304 g/mol. The van der Waals surface area contributed by atoms with Crippen LogP contribution < -0.4 is 10.2 Å². The van der Waals surface area contributed by atoms with E-state index in [-0.39, 0.29) is 12.5 Å². The quantitative estimate of drug-likeness (QED) is 0.879. The summed E-state index contributed by atoms with van der Waals surface area (Å²) in [6.07, 6.45) is 1.96. The molecule has 0 saturated carbocycles. The zero-order chi connectivity index (χ0) is 16.9. The Balaban J connectivity index is 1.73. The first-order chi connectivity index (χ1) is 11.7. The fraction of sp³-hybridized carbons (Fsp3) is 0.263. The number of esters is 1. The maximum Gasteiger partial charge on any atom is 0.339 e. The molecule has 2 aromatic carbocycles.